The third-order valence-corrected chi connectivity index (χ3v) is 7.81. The van der Waals surface area contributed by atoms with Gasteiger partial charge < -0.3 is 29.2 Å². The van der Waals surface area contributed by atoms with Gasteiger partial charge in [-0.25, -0.2) is 8.42 Å². The van der Waals surface area contributed by atoms with E-state index in [1.54, 1.807) is 12.1 Å². The first-order valence-electron chi connectivity index (χ1n) is 10.9. The van der Waals surface area contributed by atoms with Crippen LogP contribution in [0.5, 0.6) is 23.0 Å². The standard InChI is InChI=1S/C22H25N3O7S/c26-22(23-13-16-1-3-19-20(11-16)32-15-31-19)14-24-5-7-25(8-6-24)33(27,28)17-2-4-18-21(12-17)30-10-9-29-18/h1-4,11-12H,5-10,13-15H2,(H,23,26)/p+1. The van der Waals surface area contributed by atoms with Gasteiger partial charge in [-0.2, -0.15) is 4.31 Å². The third kappa shape index (κ3) is 4.70. The number of piperazine rings is 1. The van der Waals surface area contributed by atoms with E-state index in [1.165, 1.54) is 10.4 Å². The lowest BCUT2D eigenvalue weighted by atomic mass is 10.2. The van der Waals surface area contributed by atoms with Crippen molar-refractivity contribution in [1.29, 1.82) is 0 Å². The number of rotatable bonds is 6. The Labute approximate surface area is 192 Å². The van der Waals surface area contributed by atoms with Crippen LogP contribution in [-0.2, 0) is 21.4 Å². The minimum atomic E-state index is -3.64. The molecule has 0 spiro atoms. The van der Waals surface area contributed by atoms with E-state index < -0.39 is 10.0 Å². The zero-order valence-corrected chi connectivity index (χ0v) is 18.9. The van der Waals surface area contributed by atoms with Crippen LogP contribution in [0.4, 0.5) is 0 Å². The van der Waals surface area contributed by atoms with E-state index in [0.717, 1.165) is 10.5 Å². The Morgan fingerprint density at radius 1 is 0.909 bits per heavy atom. The van der Waals surface area contributed by atoms with Gasteiger partial charge in [0.1, 0.15) is 13.2 Å². The molecule has 2 aromatic rings. The van der Waals surface area contributed by atoms with Crippen molar-refractivity contribution in [3.63, 3.8) is 0 Å². The highest BCUT2D eigenvalue weighted by Gasteiger charge is 2.32. The second-order valence-corrected chi connectivity index (χ2v) is 10.0. The lowest BCUT2D eigenvalue weighted by molar-refractivity contribution is -0.895. The van der Waals surface area contributed by atoms with Crippen molar-refractivity contribution in [3.05, 3.63) is 42.0 Å². The molecule has 3 heterocycles. The summed E-state index contributed by atoms with van der Waals surface area (Å²) in [4.78, 5) is 13.6. The van der Waals surface area contributed by atoms with E-state index in [4.69, 9.17) is 18.9 Å². The molecule has 0 saturated carbocycles. The molecule has 33 heavy (non-hydrogen) atoms. The monoisotopic (exact) mass is 476 g/mol. The summed E-state index contributed by atoms with van der Waals surface area (Å²) in [6, 6.07) is 10.3. The van der Waals surface area contributed by atoms with E-state index >= 15 is 0 Å². The van der Waals surface area contributed by atoms with Gasteiger partial charge in [-0.1, -0.05) is 6.07 Å². The van der Waals surface area contributed by atoms with Gasteiger partial charge >= 0.3 is 0 Å². The molecule has 3 aliphatic rings. The van der Waals surface area contributed by atoms with Crippen molar-refractivity contribution in [1.82, 2.24) is 9.62 Å². The van der Waals surface area contributed by atoms with Gasteiger partial charge in [0.15, 0.2) is 29.5 Å². The number of hydrogen-bond acceptors (Lipinski definition) is 7. The predicted octanol–water partition coefficient (Wildman–Crippen LogP) is -0.608. The average Bonchev–Trinajstić information content (AvgIpc) is 3.31. The maximum atomic E-state index is 13.1. The first kappa shape index (κ1) is 21.8. The number of amides is 1. The van der Waals surface area contributed by atoms with Crippen LogP contribution in [0.3, 0.4) is 0 Å². The predicted molar refractivity (Wildman–Crippen MR) is 116 cm³/mol. The second kappa shape index (κ2) is 9.08. The Bertz CT molecular complexity index is 1150. The molecule has 0 unspecified atom stereocenters. The van der Waals surface area contributed by atoms with Crippen molar-refractivity contribution < 1.29 is 37.1 Å². The molecule has 1 amide bonds. The number of nitrogens with one attached hydrogen (secondary N) is 2. The molecule has 3 aliphatic heterocycles. The van der Waals surface area contributed by atoms with E-state index in [9.17, 15) is 13.2 Å². The summed E-state index contributed by atoms with van der Waals surface area (Å²) in [7, 11) is -3.64. The Kier molecular flexibility index (Phi) is 6.00. The van der Waals surface area contributed by atoms with E-state index in [-0.39, 0.29) is 17.6 Å². The fourth-order valence-corrected chi connectivity index (χ4v) is 5.55. The number of benzene rings is 2. The molecular formula is C22H26N3O7S+. The summed E-state index contributed by atoms with van der Waals surface area (Å²) in [6.07, 6.45) is 0. The van der Waals surface area contributed by atoms with Crippen LogP contribution >= 0.6 is 0 Å². The van der Waals surface area contributed by atoms with Gasteiger partial charge in [-0.05, 0) is 29.8 Å². The largest absolute Gasteiger partial charge is 0.486 e. The van der Waals surface area contributed by atoms with Gasteiger partial charge in [0.05, 0.1) is 31.1 Å². The molecule has 176 valence electrons. The number of fused-ring (bicyclic) bond motifs is 2. The second-order valence-electron chi connectivity index (χ2n) is 8.10. The molecule has 2 aromatic carbocycles. The first-order valence-corrected chi connectivity index (χ1v) is 12.3. The highest BCUT2D eigenvalue weighted by Crippen LogP contribution is 2.33. The van der Waals surface area contributed by atoms with E-state index in [1.807, 2.05) is 18.2 Å². The molecular weight excluding hydrogens is 450 g/mol. The number of carbonyl (C=O) groups excluding carboxylic acids is 1. The minimum absolute atomic E-state index is 0.0780. The highest BCUT2D eigenvalue weighted by atomic mass is 32.2. The molecule has 1 saturated heterocycles. The summed E-state index contributed by atoms with van der Waals surface area (Å²) < 4.78 is 49.2. The fraction of sp³-hybridized carbons (Fsp3) is 0.409. The SMILES string of the molecule is O=C(C[NH+]1CCN(S(=O)(=O)c2ccc3c(c2)OCCO3)CC1)NCc1ccc2c(c1)OCO2. The van der Waals surface area contributed by atoms with Crippen molar-refractivity contribution in [2.75, 3.05) is 52.7 Å². The molecule has 5 rings (SSSR count). The Morgan fingerprint density at radius 2 is 1.58 bits per heavy atom. The summed E-state index contributed by atoms with van der Waals surface area (Å²) in [5, 5.41) is 2.92. The van der Waals surface area contributed by atoms with Gasteiger partial charge in [0, 0.05) is 12.6 Å². The smallest absolute Gasteiger partial charge is 0.275 e. The lowest BCUT2D eigenvalue weighted by Crippen LogP contribution is -3.15. The maximum absolute atomic E-state index is 13.1. The normalized spacial score (nSPS) is 18.2. The molecule has 0 bridgehead atoms. The molecule has 0 radical (unpaired) electrons. The maximum Gasteiger partial charge on any atom is 0.275 e. The Balaban J connectivity index is 1.12. The molecule has 2 N–H and O–H groups in total. The fourth-order valence-electron chi connectivity index (χ4n) is 4.09. The Hall–Kier alpha value is -3.02. The van der Waals surface area contributed by atoms with Crippen molar-refractivity contribution in [3.8, 4) is 23.0 Å². The van der Waals surface area contributed by atoms with Crippen LogP contribution in [0.15, 0.2) is 41.3 Å². The van der Waals surface area contributed by atoms with Crippen LogP contribution in [0.2, 0.25) is 0 Å². The molecule has 1 fully saturated rings. The van der Waals surface area contributed by atoms with Crippen LogP contribution < -0.4 is 29.2 Å². The van der Waals surface area contributed by atoms with Crippen molar-refractivity contribution >= 4 is 15.9 Å². The van der Waals surface area contributed by atoms with E-state index in [0.29, 0.717) is 75.5 Å². The lowest BCUT2D eigenvalue weighted by Gasteiger charge is -2.31. The van der Waals surface area contributed by atoms with Crippen LogP contribution in [0.25, 0.3) is 0 Å². The molecule has 0 aliphatic carbocycles. The average molecular weight is 477 g/mol. The zero-order valence-electron chi connectivity index (χ0n) is 18.0. The molecule has 0 aromatic heterocycles. The summed E-state index contributed by atoms with van der Waals surface area (Å²) in [5.74, 6) is 2.32. The summed E-state index contributed by atoms with van der Waals surface area (Å²) in [6.45, 7) is 3.57. The number of quaternary nitrogens is 1. The summed E-state index contributed by atoms with van der Waals surface area (Å²) >= 11 is 0. The highest BCUT2D eigenvalue weighted by molar-refractivity contribution is 7.89. The summed E-state index contributed by atoms with van der Waals surface area (Å²) in [5.41, 5.74) is 0.929. The first-order chi connectivity index (χ1) is 16.0. The van der Waals surface area contributed by atoms with Gasteiger partial charge in [0.2, 0.25) is 16.8 Å². The number of sulfonamides is 1. The van der Waals surface area contributed by atoms with Gasteiger partial charge in [-0.3, -0.25) is 4.79 Å². The number of nitrogens with zero attached hydrogens (tertiary/aromatic N) is 1. The molecule has 0 atom stereocenters. The van der Waals surface area contributed by atoms with Crippen LogP contribution in [-0.4, -0.2) is 71.4 Å². The Morgan fingerprint density at radius 3 is 2.39 bits per heavy atom. The van der Waals surface area contributed by atoms with E-state index in [2.05, 4.69) is 5.32 Å². The quantitative estimate of drug-likeness (QED) is 0.573. The molecule has 11 heteroatoms. The third-order valence-electron chi connectivity index (χ3n) is 5.92. The topological polar surface area (TPSA) is 108 Å². The van der Waals surface area contributed by atoms with Crippen LogP contribution in [0, 0.1) is 0 Å². The molecule has 10 nitrogen and oxygen atoms in total. The zero-order chi connectivity index (χ0) is 22.8. The van der Waals surface area contributed by atoms with Crippen LogP contribution in [0.1, 0.15) is 5.56 Å². The van der Waals surface area contributed by atoms with Crippen molar-refractivity contribution in [2.45, 2.75) is 11.4 Å². The van der Waals surface area contributed by atoms with Gasteiger partial charge in [-0.15, -0.1) is 0 Å². The van der Waals surface area contributed by atoms with Gasteiger partial charge in [0.25, 0.3) is 5.91 Å². The number of carbonyl (C=O) groups is 1. The number of hydrogen-bond donors (Lipinski definition) is 2. The van der Waals surface area contributed by atoms with Crippen molar-refractivity contribution in [2.24, 2.45) is 0 Å². The number of ether oxygens (including phenoxy) is 4. The minimum Gasteiger partial charge on any atom is -0.486 e.